The molecule has 0 bridgehead atoms. The molecule has 1 amide bonds. The minimum absolute atomic E-state index is 0.250. The molecule has 3 N–H and O–H groups in total. The van der Waals surface area contributed by atoms with Crippen molar-refractivity contribution in [2.24, 2.45) is 5.73 Å². The maximum atomic E-state index is 11.7. The van der Waals surface area contributed by atoms with Gasteiger partial charge in [0.05, 0.1) is 0 Å². The maximum Gasteiger partial charge on any atom is 0.240 e. The van der Waals surface area contributed by atoms with E-state index in [2.05, 4.69) is 25.2 Å². The molecule has 2 rings (SSSR count). The van der Waals surface area contributed by atoms with Crippen LogP contribution < -0.4 is 15.8 Å². The number of amides is 1. The Balaban J connectivity index is 2.01. The molecule has 20 heavy (non-hydrogen) atoms. The largest absolute Gasteiger partial charge is 0.491 e. The number of nitrogens with two attached hydrogens (primary N) is 1. The summed E-state index contributed by atoms with van der Waals surface area (Å²) >= 11 is 0. The van der Waals surface area contributed by atoms with Crippen LogP contribution >= 0.6 is 0 Å². The van der Waals surface area contributed by atoms with E-state index in [1.54, 1.807) is 6.92 Å². The van der Waals surface area contributed by atoms with Crippen LogP contribution in [0.3, 0.4) is 0 Å². The van der Waals surface area contributed by atoms with Crippen LogP contribution in [-0.2, 0) is 4.79 Å². The molecule has 1 unspecified atom stereocenters. The Kier molecular flexibility index (Phi) is 4.33. The molecule has 0 aromatic heterocycles. The van der Waals surface area contributed by atoms with E-state index in [4.69, 9.17) is 10.5 Å². The van der Waals surface area contributed by atoms with Crippen LogP contribution in [0.2, 0.25) is 0 Å². The number of carbonyl (C=O) groups is 1. The fourth-order valence-electron chi connectivity index (χ4n) is 2.05. The van der Waals surface area contributed by atoms with Crippen molar-refractivity contribution in [2.75, 3.05) is 6.61 Å². The predicted octanol–water partition coefficient (Wildman–Crippen LogP) is 2.18. The molecule has 1 aliphatic carbocycles. The van der Waals surface area contributed by atoms with Crippen LogP contribution in [-0.4, -0.2) is 24.1 Å². The van der Waals surface area contributed by atoms with Gasteiger partial charge in [0.2, 0.25) is 5.91 Å². The average Bonchev–Trinajstić information content (AvgIpc) is 3.20. The minimum Gasteiger partial charge on any atom is -0.491 e. The lowest BCUT2D eigenvalue weighted by molar-refractivity contribution is -0.125. The molecule has 4 heteroatoms. The third-order valence-corrected chi connectivity index (χ3v) is 3.70. The van der Waals surface area contributed by atoms with Crippen molar-refractivity contribution in [1.29, 1.82) is 0 Å². The van der Waals surface area contributed by atoms with E-state index in [1.807, 2.05) is 18.2 Å². The van der Waals surface area contributed by atoms with Gasteiger partial charge in [-0.1, -0.05) is 26.0 Å². The number of hydrogen-bond acceptors (Lipinski definition) is 3. The number of rotatable bonds is 7. The second kappa shape index (κ2) is 5.83. The van der Waals surface area contributed by atoms with Gasteiger partial charge >= 0.3 is 0 Å². The van der Waals surface area contributed by atoms with Gasteiger partial charge in [-0.05, 0) is 43.4 Å². The van der Waals surface area contributed by atoms with Crippen LogP contribution in [0.5, 0.6) is 5.75 Å². The minimum atomic E-state index is -0.811. The number of hydrogen-bond donors (Lipinski definition) is 2. The first kappa shape index (κ1) is 14.9. The fourth-order valence-corrected chi connectivity index (χ4v) is 2.05. The van der Waals surface area contributed by atoms with Gasteiger partial charge in [-0.2, -0.15) is 0 Å². The lowest BCUT2D eigenvalue weighted by atomic mass is 10.0. The second-order valence-corrected chi connectivity index (χ2v) is 6.13. The Bertz CT molecular complexity index is 483. The standard InChI is InChI=1S/C16H24N2O2/c1-11(2)12-5-4-6-14(9-12)20-10-16(3,15(17)19)18-13-7-8-13/h4-6,9,11,13,18H,7-8,10H2,1-3H3,(H2,17,19). The third kappa shape index (κ3) is 3.73. The first-order chi connectivity index (χ1) is 9.40. The van der Waals surface area contributed by atoms with Gasteiger partial charge in [0.15, 0.2) is 0 Å². The molecule has 4 nitrogen and oxygen atoms in total. The third-order valence-electron chi connectivity index (χ3n) is 3.70. The van der Waals surface area contributed by atoms with Crippen molar-refractivity contribution < 1.29 is 9.53 Å². The zero-order valence-corrected chi connectivity index (χ0v) is 12.5. The van der Waals surface area contributed by atoms with E-state index in [9.17, 15) is 4.79 Å². The summed E-state index contributed by atoms with van der Waals surface area (Å²) in [4.78, 5) is 11.7. The lowest BCUT2D eigenvalue weighted by Crippen LogP contribution is -2.57. The van der Waals surface area contributed by atoms with Crippen molar-refractivity contribution in [2.45, 2.75) is 51.1 Å². The highest BCUT2D eigenvalue weighted by atomic mass is 16.5. The Labute approximate surface area is 120 Å². The van der Waals surface area contributed by atoms with E-state index in [0.717, 1.165) is 18.6 Å². The molecule has 0 heterocycles. The molecule has 110 valence electrons. The molecular weight excluding hydrogens is 252 g/mol. The van der Waals surface area contributed by atoms with E-state index >= 15 is 0 Å². The normalized spacial score (nSPS) is 17.8. The number of ether oxygens (including phenoxy) is 1. The monoisotopic (exact) mass is 276 g/mol. The first-order valence-corrected chi connectivity index (χ1v) is 7.21. The van der Waals surface area contributed by atoms with Crippen molar-refractivity contribution in [1.82, 2.24) is 5.32 Å². The number of primary amides is 1. The van der Waals surface area contributed by atoms with Crippen LogP contribution in [0.25, 0.3) is 0 Å². The maximum absolute atomic E-state index is 11.7. The second-order valence-electron chi connectivity index (χ2n) is 6.13. The summed E-state index contributed by atoms with van der Waals surface area (Å²) in [6.07, 6.45) is 2.21. The van der Waals surface area contributed by atoms with E-state index in [0.29, 0.717) is 12.0 Å². The highest BCUT2D eigenvalue weighted by molar-refractivity contribution is 5.84. The van der Waals surface area contributed by atoms with Gasteiger partial charge in [-0.3, -0.25) is 10.1 Å². The fraction of sp³-hybridized carbons (Fsp3) is 0.562. The highest BCUT2D eigenvalue weighted by Gasteiger charge is 2.37. The topological polar surface area (TPSA) is 64.3 Å². The van der Waals surface area contributed by atoms with E-state index in [-0.39, 0.29) is 12.5 Å². The van der Waals surface area contributed by atoms with Crippen molar-refractivity contribution >= 4 is 5.91 Å². The van der Waals surface area contributed by atoms with Crippen molar-refractivity contribution in [3.05, 3.63) is 29.8 Å². The van der Waals surface area contributed by atoms with E-state index < -0.39 is 5.54 Å². The Morgan fingerprint density at radius 3 is 2.75 bits per heavy atom. The number of nitrogens with one attached hydrogen (secondary N) is 1. The molecule has 1 aromatic carbocycles. The number of benzene rings is 1. The summed E-state index contributed by atoms with van der Waals surface area (Å²) in [6, 6.07) is 8.37. The zero-order valence-electron chi connectivity index (χ0n) is 12.5. The quantitative estimate of drug-likeness (QED) is 0.802. The van der Waals surface area contributed by atoms with Gasteiger partial charge in [0, 0.05) is 6.04 Å². The number of carbonyl (C=O) groups excluding carboxylic acids is 1. The Morgan fingerprint density at radius 1 is 1.50 bits per heavy atom. The molecule has 1 atom stereocenters. The van der Waals surface area contributed by atoms with Gasteiger partial charge in [-0.15, -0.1) is 0 Å². The Morgan fingerprint density at radius 2 is 2.20 bits per heavy atom. The Hall–Kier alpha value is -1.55. The molecule has 0 radical (unpaired) electrons. The van der Waals surface area contributed by atoms with Crippen LogP contribution in [0, 0.1) is 0 Å². The van der Waals surface area contributed by atoms with Crippen LogP contribution in [0.4, 0.5) is 0 Å². The molecule has 1 saturated carbocycles. The molecule has 1 aromatic rings. The van der Waals surface area contributed by atoms with Crippen molar-refractivity contribution in [3.63, 3.8) is 0 Å². The summed E-state index contributed by atoms with van der Waals surface area (Å²) in [5.41, 5.74) is 5.92. The highest BCUT2D eigenvalue weighted by Crippen LogP contribution is 2.24. The van der Waals surface area contributed by atoms with Crippen molar-refractivity contribution in [3.8, 4) is 5.75 Å². The van der Waals surface area contributed by atoms with Gasteiger partial charge in [0.25, 0.3) is 0 Å². The predicted molar refractivity (Wildman–Crippen MR) is 79.8 cm³/mol. The summed E-state index contributed by atoms with van der Waals surface area (Å²) in [6.45, 7) is 6.34. The first-order valence-electron chi connectivity index (χ1n) is 7.21. The molecule has 0 saturated heterocycles. The summed E-state index contributed by atoms with van der Waals surface area (Å²) in [7, 11) is 0. The van der Waals surface area contributed by atoms with Gasteiger partial charge in [-0.25, -0.2) is 0 Å². The molecule has 1 aliphatic rings. The molecular formula is C16H24N2O2. The summed E-state index contributed by atoms with van der Waals surface area (Å²) in [5.74, 6) is 0.858. The van der Waals surface area contributed by atoms with Crippen LogP contribution in [0.1, 0.15) is 45.1 Å². The van der Waals surface area contributed by atoms with Gasteiger partial charge in [0.1, 0.15) is 17.9 Å². The molecule has 0 aliphatic heterocycles. The lowest BCUT2D eigenvalue weighted by Gasteiger charge is -2.27. The van der Waals surface area contributed by atoms with E-state index in [1.165, 1.54) is 5.56 Å². The molecule has 0 spiro atoms. The smallest absolute Gasteiger partial charge is 0.240 e. The zero-order chi connectivity index (χ0) is 14.8. The average molecular weight is 276 g/mol. The van der Waals surface area contributed by atoms with Gasteiger partial charge < -0.3 is 10.5 Å². The summed E-state index contributed by atoms with van der Waals surface area (Å²) < 4.78 is 5.79. The molecule has 1 fully saturated rings. The van der Waals surface area contributed by atoms with Crippen LogP contribution in [0.15, 0.2) is 24.3 Å². The SMILES string of the molecule is CC(C)c1cccc(OCC(C)(NC2CC2)C(N)=O)c1. The summed E-state index contributed by atoms with van der Waals surface area (Å²) in [5, 5.41) is 3.27.